The number of aryl methyl sites for hydroxylation is 1. The predicted octanol–water partition coefficient (Wildman–Crippen LogP) is 7.67. The number of hydrogen-bond donors (Lipinski definition) is 1. The number of halogens is 2. The largest absolute Gasteiger partial charge is 0.490 e. The van der Waals surface area contributed by atoms with Crippen LogP contribution in [0.15, 0.2) is 66.7 Å². The molecule has 56 heavy (non-hydrogen) atoms. The zero-order chi connectivity index (χ0) is 40.1. The number of carbonyl (C=O) groups is 2. The Hall–Kier alpha value is -3.68. The lowest BCUT2D eigenvalue weighted by Gasteiger charge is -2.35. The van der Waals surface area contributed by atoms with Gasteiger partial charge in [-0.1, -0.05) is 47.5 Å². The highest BCUT2D eigenvalue weighted by atomic mass is 35.5. The van der Waals surface area contributed by atoms with E-state index in [-0.39, 0.29) is 38.0 Å². The summed E-state index contributed by atoms with van der Waals surface area (Å²) in [4.78, 5) is 26.7. The van der Waals surface area contributed by atoms with Gasteiger partial charge in [-0.05, 0) is 108 Å². The minimum atomic E-state index is -1.03. The molecule has 1 aliphatic carbocycles. The molecule has 0 bridgehead atoms. The molecule has 0 saturated carbocycles. The molecule has 5 rings (SSSR count). The van der Waals surface area contributed by atoms with E-state index >= 15 is 0 Å². The van der Waals surface area contributed by atoms with Gasteiger partial charge in [0.05, 0.1) is 90.3 Å². The van der Waals surface area contributed by atoms with Gasteiger partial charge in [-0.2, -0.15) is 0 Å². The van der Waals surface area contributed by atoms with Crippen molar-refractivity contribution in [2.75, 3.05) is 86.4 Å². The number of Topliss-reactive ketones (excluding diaryl/α,β-unsaturated/α-hetero) is 2. The summed E-state index contributed by atoms with van der Waals surface area (Å²) in [5.41, 5.74) is 6.83. The quantitative estimate of drug-likeness (QED) is 0.0492. The second-order valence-corrected chi connectivity index (χ2v) is 14.2. The molecule has 0 amide bonds. The zero-order valence-electron chi connectivity index (χ0n) is 32.4. The lowest BCUT2D eigenvalue weighted by Crippen LogP contribution is -2.29. The molecule has 0 saturated heterocycles. The van der Waals surface area contributed by atoms with Gasteiger partial charge in [0.15, 0.2) is 11.6 Å². The van der Waals surface area contributed by atoms with Crippen LogP contribution < -0.4 is 4.74 Å². The number of hydrogen-bond acceptors (Lipinski definition) is 10. The second kappa shape index (κ2) is 21.2. The summed E-state index contributed by atoms with van der Waals surface area (Å²) < 4.78 is 38.9. The molecule has 0 spiro atoms. The molecule has 0 aromatic heterocycles. The van der Waals surface area contributed by atoms with Gasteiger partial charge >= 0.3 is 0 Å². The van der Waals surface area contributed by atoms with E-state index in [1.165, 1.54) is 13.8 Å². The number of fused-ring (bicyclic) bond motifs is 3. The number of aliphatic hydroxyl groups excluding tert-OH is 1. The van der Waals surface area contributed by atoms with Crippen LogP contribution in [0, 0.1) is 6.92 Å². The van der Waals surface area contributed by atoms with Gasteiger partial charge in [0.2, 0.25) is 0 Å². The predicted molar refractivity (Wildman–Crippen MR) is 216 cm³/mol. The molecule has 0 radical (unpaired) electrons. The molecular formula is C44H50Cl2O10. The molecule has 1 unspecified atom stereocenters. The molecular weight excluding hydrogens is 759 g/mol. The first-order chi connectivity index (χ1) is 27.1. The molecule has 10 nitrogen and oxygen atoms in total. The fourth-order valence-corrected chi connectivity index (χ4v) is 7.33. The summed E-state index contributed by atoms with van der Waals surface area (Å²) in [5.74, 6) is 0.136. The highest BCUT2D eigenvalue weighted by Gasteiger charge is 2.47. The van der Waals surface area contributed by atoms with E-state index in [0.717, 1.165) is 44.5 Å². The molecule has 300 valence electrons. The van der Waals surface area contributed by atoms with Gasteiger partial charge in [-0.25, -0.2) is 0 Å². The number of ketones is 2. The van der Waals surface area contributed by atoms with E-state index in [9.17, 15) is 9.59 Å². The van der Waals surface area contributed by atoms with Crippen molar-refractivity contribution in [2.24, 2.45) is 0 Å². The van der Waals surface area contributed by atoms with Crippen molar-refractivity contribution in [3.8, 4) is 16.9 Å². The van der Waals surface area contributed by atoms with Crippen LogP contribution >= 0.6 is 23.2 Å². The lowest BCUT2D eigenvalue weighted by molar-refractivity contribution is 0.00443. The second-order valence-electron chi connectivity index (χ2n) is 13.3. The van der Waals surface area contributed by atoms with Gasteiger partial charge in [-0.3, -0.25) is 9.59 Å². The van der Waals surface area contributed by atoms with E-state index in [1.807, 2.05) is 67.6 Å². The minimum Gasteiger partial charge on any atom is -0.490 e. The maximum absolute atomic E-state index is 13.4. The van der Waals surface area contributed by atoms with E-state index in [0.29, 0.717) is 86.4 Å². The minimum absolute atomic E-state index is 0.0351. The highest BCUT2D eigenvalue weighted by molar-refractivity contribution is 6.32. The number of aliphatic hydroxyl groups is 1. The van der Waals surface area contributed by atoms with Crippen molar-refractivity contribution in [1.82, 2.24) is 0 Å². The van der Waals surface area contributed by atoms with E-state index in [1.54, 1.807) is 7.11 Å². The molecule has 1 atom stereocenters. The van der Waals surface area contributed by atoms with Crippen LogP contribution in [0.25, 0.3) is 11.1 Å². The summed E-state index contributed by atoms with van der Waals surface area (Å²) in [7, 11) is 1.62. The zero-order valence-corrected chi connectivity index (χ0v) is 33.9. The molecule has 0 fully saturated rings. The third kappa shape index (κ3) is 10.2. The monoisotopic (exact) mass is 808 g/mol. The van der Waals surface area contributed by atoms with Crippen molar-refractivity contribution in [1.29, 1.82) is 0 Å². The smallest absolute Gasteiger partial charge is 0.163 e. The van der Waals surface area contributed by atoms with Crippen molar-refractivity contribution >= 4 is 34.8 Å². The van der Waals surface area contributed by atoms with Crippen LogP contribution in [-0.4, -0.2) is 103 Å². The van der Waals surface area contributed by atoms with Gasteiger partial charge in [0.25, 0.3) is 0 Å². The molecule has 12 heteroatoms. The standard InChI is InChI=1S/C44H50Cl2O10/c1-29-23-39-36-9-8-35(45)26-40(36)44(41(39)27-42(29)46,33-6-5-32(37(24-33)30(2)48)28-55-20-19-53-16-15-51-12-11-47)34-7-10-43(38(25-34)31(3)49)56-22-21-54-18-17-52-14-13-50-4/h5-10,23-27,47H,11-22,28H2,1-4H3. The van der Waals surface area contributed by atoms with E-state index < -0.39 is 5.41 Å². The maximum atomic E-state index is 13.4. The van der Waals surface area contributed by atoms with Crippen molar-refractivity contribution in [3.05, 3.63) is 121 Å². The van der Waals surface area contributed by atoms with Gasteiger partial charge in [0.1, 0.15) is 12.4 Å². The van der Waals surface area contributed by atoms with Gasteiger partial charge < -0.3 is 38.3 Å². The Labute approximate surface area is 338 Å². The highest BCUT2D eigenvalue weighted by Crippen LogP contribution is 2.58. The molecule has 4 aromatic carbocycles. The van der Waals surface area contributed by atoms with Crippen LogP contribution in [0.3, 0.4) is 0 Å². The molecule has 0 aliphatic heterocycles. The Balaban J connectivity index is 1.52. The topological polar surface area (TPSA) is 119 Å². The summed E-state index contributed by atoms with van der Waals surface area (Å²) >= 11 is 13.7. The fourth-order valence-electron chi connectivity index (χ4n) is 7.00. The van der Waals surface area contributed by atoms with Gasteiger partial charge in [0, 0.05) is 22.7 Å². The Morgan fingerprint density at radius 1 is 0.625 bits per heavy atom. The average Bonchev–Trinajstić information content (AvgIpc) is 3.45. The summed E-state index contributed by atoms with van der Waals surface area (Å²) in [6.45, 7) is 9.28. The Morgan fingerprint density at radius 2 is 1.20 bits per heavy atom. The molecule has 1 N–H and O–H groups in total. The first kappa shape index (κ1) is 43.4. The fraction of sp³-hybridized carbons (Fsp3) is 0.409. The SMILES string of the molecule is COCCOCCOCCOc1ccc(C2(c3ccc(COCCOCCOCCO)c(C(C)=O)c3)c3cc(Cl)ccc3-c3cc(C)c(Cl)cc32)cc1C(C)=O. The van der Waals surface area contributed by atoms with Crippen molar-refractivity contribution in [3.63, 3.8) is 0 Å². The third-order valence-electron chi connectivity index (χ3n) is 9.62. The van der Waals surface area contributed by atoms with Gasteiger partial charge in [-0.15, -0.1) is 0 Å². The molecule has 1 aliphatic rings. The van der Waals surface area contributed by atoms with E-state index in [4.69, 9.17) is 61.5 Å². The Bertz CT molecular complexity index is 1880. The molecule has 4 aromatic rings. The van der Waals surface area contributed by atoms with Crippen LogP contribution in [0.4, 0.5) is 0 Å². The van der Waals surface area contributed by atoms with Crippen LogP contribution in [-0.2, 0) is 40.4 Å². The van der Waals surface area contributed by atoms with Crippen LogP contribution in [0.5, 0.6) is 5.75 Å². The number of methoxy groups -OCH3 is 1. The Morgan fingerprint density at radius 3 is 1.84 bits per heavy atom. The number of ether oxygens (including phenoxy) is 7. The summed E-state index contributed by atoms with van der Waals surface area (Å²) in [6.07, 6.45) is 0. The van der Waals surface area contributed by atoms with Crippen LogP contribution in [0.1, 0.15) is 67.9 Å². The first-order valence-corrected chi connectivity index (χ1v) is 19.4. The Kier molecular flexibility index (Phi) is 16.4. The number of benzene rings is 4. The third-order valence-corrected chi connectivity index (χ3v) is 10.3. The van der Waals surface area contributed by atoms with E-state index in [2.05, 4.69) is 6.07 Å². The van der Waals surface area contributed by atoms with Crippen LogP contribution in [0.2, 0.25) is 10.0 Å². The summed E-state index contributed by atoms with van der Waals surface area (Å²) in [6, 6.07) is 21.4. The maximum Gasteiger partial charge on any atom is 0.163 e. The number of carbonyl (C=O) groups excluding carboxylic acids is 2. The normalized spacial score (nSPS) is 14.5. The lowest BCUT2D eigenvalue weighted by atomic mass is 9.66. The number of rotatable bonds is 24. The van der Waals surface area contributed by atoms with Crippen molar-refractivity contribution < 1.29 is 47.9 Å². The molecule has 0 heterocycles. The van der Waals surface area contributed by atoms with Crippen molar-refractivity contribution in [2.45, 2.75) is 32.8 Å². The first-order valence-electron chi connectivity index (χ1n) is 18.7. The average molecular weight is 810 g/mol. The summed E-state index contributed by atoms with van der Waals surface area (Å²) in [5, 5.41) is 9.97.